The Morgan fingerprint density at radius 2 is 2.11 bits per heavy atom. The Morgan fingerprint density at radius 3 is 2.74 bits per heavy atom. The lowest BCUT2D eigenvalue weighted by atomic mass is 9.98. The predicted molar refractivity (Wildman–Crippen MR) is 99.5 cm³/mol. The molecule has 1 fully saturated rings. The van der Waals surface area contributed by atoms with Crippen LogP contribution in [0.25, 0.3) is 0 Å². The highest BCUT2D eigenvalue weighted by Gasteiger charge is 2.26. The van der Waals surface area contributed by atoms with E-state index in [4.69, 9.17) is 9.47 Å². The van der Waals surface area contributed by atoms with Crippen LogP contribution >= 0.6 is 0 Å². The number of ether oxygens (including phenoxy) is 2. The van der Waals surface area contributed by atoms with Crippen molar-refractivity contribution in [2.45, 2.75) is 26.3 Å². The van der Waals surface area contributed by atoms with Gasteiger partial charge in [-0.15, -0.1) is 0 Å². The molecule has 0 radical (unpaired) electrons. The summed E-state index contributed by atoms with van der Waals surface area (Å²) in [5.74, 6) is -0.147. The van der Waals surface area contributed by atoms with Crippen LogP contribution in [0.5, 0.6) is 5.75 Å². The minimum absolute atomic E-state index is 0.0213. The van der Waals surface area contributed by atoms with Gasteiger partial charge in [-0.2, -0.15) is 5.26 Å². The number of esters is 1. The lowest BCUT2D eigenvalue weighted by Gasteiger charge is -2.30. The van der Waals surface area contributed by atoms with E-state index in [9.17, 15) is 14.9 Å². The molecule has 1 aliphatic heterocycles. The van der Waals surface area contributed by atoms with Crippen LogP contribution in [0.15, 0.2) is 36.0 Å². The van der Waals surface area contributed by atoms with Gasteiger partial charge in [-0.1, -0.05) is 12.1 Å². The van der Waals surface area contributed by atoms with E-state index in [1.807, 2.05) is 35.2 Å². The van der Waals surface area contributed by atoms with Crippen LogP contribution < -0.4 is 10.1 Å². The first-order valence-electron chi connectivity index (χ1n) is 9.01. The molecule has 7 nitrogen and oxygen atoms in total. The molecule has 2 rings (SSSR count). The summed E-state index contributed by atoms with van der Waals surface area (Å²) < 4.78 is 10.2. The summed E-state index contributed by atoms with van der Waals surface area (Å²) in [6.45, 7) is 3.59. The van der Waals surface area contributed by atoms with Gasteiger partial charge in [-0.25, -0.2) is 0 Å². The smallest absolute Gasteiger partial charge is 0.310 e. The Bertz CT molecular complexity index is 722. The Hall–Kier alpha value is -3.01. The molecule has 0 saturated carbocycles. The first-order chi connectivity index (χ1) is 13.1. The third-order valence-electron chi connectivity index (χ3n) is 4.36. The maximum absolute atomic E-state index is 12.3. The van der Waals surface area contributed by atoms with Crippen LogP contribution in [0.4, 0.5) is 0 Å². The van der Waals surface area contributed by atoms with Crippen molar-refractivity contribution < 1.29 is 19.1 Å². The van der Waals surface area contributed by atoms with Crippen molar-refractivity contribution in [2.75, 3.05) is 26.8 Å². The second-order valence-corrected chi connectivity index (χ2v) is 6.27. The topological polar surface area (TPSA) is 91.7 Å². The van der Waals surface area contributed by atoms with Crippen molar-refractivity contribution >= 4 is 11.9 Å². The molecule has 7 heteroatoms. The van der Waals surface area contributed by atoms with E-state index < -0.39 is 5.91 Å². The number of likely N-dealkylation sites (tertiary alicyclic amines) is 1. The lowest BCUT2D eigenvalue weighted by molar-refractivity contribution is -0.149. The summed E-state index contributed by atoms with van der Waals surface area (Å²) in [5.41, 5.74) is 0.926. The van der Waals surface area contributed by atoms with Gasteiger partial charge in [0.05, 0.1) is 19.6 Å². The fourth-order valence-electron chi connectivity index (χ4n) is 2.92. The number of carbonyl (C=O) groups excluding carboxylic acids is 2. The molecule has 1 saturated heterocycles. The zero-order chi connectivity index (χ0) is 19.6. The molecule has 144 valence electrons. The van der Waals surface area contributed by atoms with Crippen LogP contribution in [0, 0.1) is 17.2 Å². The number of amides is 1. The standard InChI is InChI=1S/C20H25N3O4/c1-3-27-20(25)16-5-4-10-23(13-16)14-17(11-21)19(24)22-12-15-6-8-18(26-2)9-7-15/h6-9,14,16H,3-5,10,12-13H2,1-2H3,(H,22,24)/b17-14-. The van der Waals surface area contributed by atoms with Gasteiger partial charge < -0.3 is 19.7 Å². The van der Waals surface area contributed by atoms with E-state index >= 15 is 0 Å². The third kappa shape index (κ3) is 6.03. The second kappa shape index (κ2) is 10.2. The van der Waals surface area contributed by atoms with Crippen molar-refractivity contribution in [1.82, 2.24) is 10.2 Å². The number of hydrogen-bond donors (Lipinski definition) is 1. The zero-order valence-electron chi connectivity index (χ0n) is 15.7. The lowest BCUT2D eigenvalue weighted by Crippen LogP contribution is -2.37. The van der Waals surface area contributed by atoms with Crippen molar-refractivity contribution in [3.8, 4) is 11.8 Å². The number of piperidine rings is 1. The molecular formula is C20H25N3O4. The van der Waals surface area contributed by atoms with Gasteiger partial charge in [-0.05, 0) is 37.5 Å². The molecule has 0 spiro atoms. The number of nitriles is 1. The Morgan fingerprint density at radius 1 is 1.37 bits per heavy atom. The highest BCUT2D eigenvalue weighted by atomic mass is 16.5. The molecule has 0 bridgehead atoms. The van der Waals surface area contributed by atoms with Gasteiger partial charge in [0.25, 0.3) is 5.91 Å². The summed E-state index contributed by atoms with van der Waals surface area (Å²) in [5, 5.41) is 12.1. The molecule has 27 heavy (non-hydrogen) atoms. The number of methoxy groups -OCH3 is 1. The number of nitrogens with zero attached hydrogens (tertiary/aromatic N) is 2. The molecule has 1 amide bonds. The third-order valence-corrected chi connectivity index (χ3v) is 4.36. The van der Waals surface area contributed by atoms with E-state index in [1.54, 1.807) is 14.0 Å². The van der Waals surface area contributed by atoms with Gasteiger partial charge in [0.2, 0.25) is 0 Å². The summed E-state index contributed by atoms with van der Waals surface area (Å²) in [6, 6.07) is 9.27. The van der Waals surface area contributed by atoms with Crippen LogP contribution in [-0.2, 0) is 20.9 Å². The molecule has 0 aromatic heterocycles. The Labute approximate surface area is 159 Å². The van der Waals surface area contributed by atoms with Crippen LogP contribution in [-0.4, -0.2) is 43.6 Å². The normalized spacial score (nSPS) is 17.0. The molecule has 0 aliphatic carbocycles. The fraction of sp³-hybridized carbons (Fsp3) is 0.450. The quantitative estimate of drug-likeness (QED) is 0.448. The van der Waals surface area contributed by atoms with E-state index in [2.05, 4.69) is 5.32 Å². The van der Waals surface area contributed by atoms with Crippen LogP contribution in [0.2, 0.25) is 0 Å². The maximum atomic E-state index is 12.3. The number of benzene rings is 1. The zero-order valence-corrected chi connectivity index (χ0v) is 15.7. The molecule has 1 aromatic rings. The van der Waals surface area contributed by atoms with Gasteiger partial charge in [0.1, 0.15) is 17.4 Å². The van der Waals surface area contributed by atoms with Crippen molar-refractivity contribution in [3.05, 3.63) is 41.6 Å². The molecule has 1 unspecified atom stereocenters. The highest BCUT2D eigenvalue weighted by molar-refractivity contribution is 5.97. The summed E-state index contributed by atoms with van der Waals surface area (Å²) in [7, 11) is 1.59. The van der Waals surface area contributed by atoms with Gasteiger partial charge in [0.15, 0.2) is 0 Å². The number of rotatable bonds is 7. The van der Waals surface area contributed by atoms with Gasteiger partial charge in [0, 0.05) is 25.8 Å². The van der Waals surface area contributed by atoms with Crippen molar-refractivity contribution in [2.24, 2.45) is 5.92 Å². The average molecular weight is 371 g/mol. The number of hydrogen-bond acceptors (Lipinski definition) is 6. The summed E-state index contributed by atoms with van der Waals surface area (Å²) in [6.07, 6.45) is 3.11. The number of carbonyl (C=O) groups is 2. The van der Waals surface area contributed by atoms with Crippen molar-refractivity contribution in [3.63, 3.8) is 0 Å². The molecular weight excluding hydrogens is 346 g/mol. The first-order valence-corrected chi connectivity index (χ1v) is 9.01. The van der Waals surface area contributed by atoms with E-state index in [-0.39, 0.29) is 17.5 Å². The summed E-state index contributed by atoms with van der Waals surface area (Å²) in [4.78, 5) is 26.1. The minimum Gasteiger partial charge on any atom is -0.497 e. The van der Waals surface area contributed by atoms with Gasteiger partial charge in [-0.3, -0.25) is 9.59 Å². The largest absolute Gasteiger partial charge is 0.497 e. The Kier molecular flexibility index (Phi) is 7.68. The summed E-state index contributed by atoms with van der Waals surface area (Å²) >= 11 is 0. The monoisotopic (exact) mass is 371 g/mol. The van der Waals surface area contributed by atoms with E-state index in [1.165, 1.54) is 6.20 Å². The molecule has 1 N–H and O–H groups in total. The van der Waals surface area contributed by atoms with E-state index in [0.29, 0.717) is 26.2 Å². The molecule has 1 heterocycles. The minimum atomic E-state index is -0.438. The predicted octanol–water partition coefficient (Wildman–Crippen LogP) is 1.99. The molecule has 1 atom stereocenters. The van der Waals surface area contributed by atoms with Crippen molar-refractivity contribution in [1.29, 1.82) is 5.26 Å². The van der Waals surface area contributed by atoms with Crippen LogP contribution in [0.3, 0.4) is 0 Å². The molecule has 1 aliphatic rings. The van der Waals surface area contributed by atoms with E-state index in [0.717, 1.165) is 24.2 Å². The SMILES string of the molecule is CCOC(=O)C1CCCN(/C=C(/C#N)C(=O)NCc2ccc(OC)cc2)C1. The molecule has 1 aromatic carbocycles. The average Bonchev–Trinajstić information content (AvgIpc) is 2.71. The second-order valence-electron chi connectivity index (χ2n) is 6.27. The maximum Gasteiger partial charge on any atom is 0.310 e. The fourth-order valence-corrected chi connectivity index (χ4v) is 2.92. The van der Waals surface area contributed by atoms with Crippen LogP contribution in [0.1, 0.15) is 25.3 Å². The van der Waals surface area contributed by atoms with Gasteiger partial charge >= 0.3 is 5.97 Å². The highest BCUT2D eigenvalue weighted by Crippen LogP contribution is 2.19. The first kappa shape index (κ1) is 20.3. The number of nitrogens with one attached hydrogen (secondary N) is 1. The Balaban J connectivity index is 1.94.